The molecular formula is C15H19N7O. The summed E-state index contributed by atoms with van der Waals surface area (Å²) in [5.41, 5.74) is 3.17. The molecule has 0 spiro atoms. The average molecular weight is 313 g/mol. The average Bonchev–Trinajstić information content (AvgIpc) is 3.06. The van der Waals surface area contributed by atoms with Crippen molar-refractivity contribution in [3.05, 3.63) is 41.6 Å². The van der Waals surface area contributed by atoms with Gasteiger partial charge in [-0.15, -0.1) is 10.2 Å². The number of hydrogen-bond acceptors (Lipinski definition) is 5. The SMILES string of the molecule is Cc1n[nH]c(C)c1NC(=O)CN(C)Cc1nnc2ccccn12. The number of aromatic amines is 1. The second kappa shape index (κ2) is 6.17. The highest BCUT2D eigenvalue weighted by molar-refractivity contribution is 5.93. The number of anilines is 1. The molecule has 3 aromatic heterocycles. The van der Waals surface area contributed by atoms with E-state index in [1.165, 1.54) is 0 Å². The third-order valence-corrected chi connectivity index (χ3v) is 3.60. The number of likely N-dealkylation sites (N-methyl/N-ethyl adjacent to an activating group) is 1. The summed E-state index contributed by atoms with van der Waals surface area (Å²) in [5.74, 6) is 0.709. The third kappa shape index (κ3) is 3.21. The molecule has 8 nitrogen and oxygen atoms in total. The molecule has 1 amide bonds. The highest BCUT2D eigenvalue weighted by Crippen LogP contribution is 2.15. The van der Waals surface area contributed by atoms with Gasteiger partial charge < -0.3 is 5.32 Å². The van der Waals surface area contributed by atoms with Crippen molar-refractivity contribution in [2.45, 2.75) is 20.4 Å². The van der Waals surface area contributed by atoms with Gasteiger partial charge in [0.2, 0.25) is 5.91 Å². The van der Waals surface area contributed by atoms with Crippen LogP contribution in [-0.2, 0) is 11.3 Å². The topological polar surface area (TPSA) is 91.2 Å². The molecule has 0 fully saturated rings. The summed E-state index contributed by atoms with van der Waals surface area (Å²) in [5, 5.41) is 18.1. The fourth-order valence-electron chi connectivity index (χ4n) is 2.46. The Kier molecular flexibility index (Phi) is 4.07. The van der Waals surface area contributed by atoms with Gasteiger partial charge in [-0.2, -0.15) is 5.10 Å². The number of rotatable bonds is 5. The van der Waals surface area contributed by atoms with Crippen LogP contribution in [0.4, 0.5) is 5.69 Å². The Morgan fingerprint density at radius 2 is 2.17 bits per heavy atom. The van der Waals surface area contributed by atoms with Crippen LogP contribution in [-0.4, -0.2) is 49.2 Å². The number of carbonyl (C=O) groups is 1. The Morgan fingerprint density at radius 1 is 1.35 bits per heavy atom. The molecule has 0 aliphatic rings. The van der Waals surface area contributed by atoms with E-state index in [1.54, 1.807) is 0 Å². The lowest BCUT2D eigenvalue weighted by Crippen LogP contribution is -2.30. The number of nitrogens with zero attached hydrogens (tertiary/aromatic N) is 5. The van der Waals surface area contributed by atoms with E-state index in [-0.39, 0.29) is 12.5 Å². The van der Waals surface area contributed by atoms with Crippen molar-refractivity contribution in [2.75, 3.05) is 18.9 Å². The van der Waals surface area contributed by atoms with Crippen LogP contribution in [0.25, 0.3) is 5.65 Å². The van der Waals surface area contributed by atoms with Crippen molar-refractivity contribution in [2.24, 2.45) is 0 Å². The molecule has 0 bridgehead atoms. The van der Waals surface area contributed by atoms with E-state index in [0.717, 1.165) is 28.5 Å². The number of H-pyrrole nitrogens is 1. The van der Waals surface area contributed by atoms with Crippen molar-refractivity contribution in [1.29, 1.82) is 0 Å². The van der Waals surface area contributed by atoms with Crippen molar-refractivity contribution in [3.63, 3.8) is 0 Å². The largest absolute Gasteiger partial charge is 0.322 e. The highest BCUT2D eigenvalue weighted by Gasteiger charge is 2.14. The number of fused-ring (bicyclic) bond motifs is 1. The number of nitrogens with one attached hydrogen (secondary N) is 2. The molecule has 23 heavy (non-hydrogen) atoms. The molecule has 0 aromatic carbocycles. The Balaban J connectivity index is 1.63. The molecule has 0 aliphatic heterocycles. The highest BCUT2D eigenvalue weighted by atomic mass is 16.2. The van der Waals surface area contributed by atoms with Crippen LogP contribution in [0, 0.1) is 13.8 Å². The predicted octanol–water partition coefficient (Wildman–Crippen LogP) is 1.14. The molecule has 0 saturated carbocycles. The predicted molar refractivity (Wildman–Crippen MR) is 86.0 cm³/mol. The van der Waals surface area contributed by atoms with Crippen molar-refractivity contribution < 1.29 is 4.79 Å². The van der Waals surface area contributed by atoms with Gasteiger partial charge in [-0.05, 0) is 33.0 Å². The molecule has 0 saturated heterocycles. The van der Waals surface area contributed by atoms with E-state index in [1.807, 2.05) is 54.6 Å². The standard InChI is InChI=1S/C15H19N7O/c1-10-15(11(2)18-17-10)16-14(23)9-21(3)8-13-20-19-12-6-4-5-7-22(12)13/h4-7H,8-9H2,1-3H3,(H,16,23)(H,17,18). The maximum absolute atomic E-state index is 12.2. The second-order valence-corrected chi connectivity index (χ2v) is 5.57. The minimum atomic E-state index is -0.0890. The second-order valence-electron chi connectivity index (χ2n) is 5.57. The zero-order valence-electron chi connectivity index (χ0n) is 13.4. The number of hydrogen-bond donors (Lipinski definition) is 2. The molecule has 3 aromatic rings. The van der Waals surface area contributed by atoms with Gasteiger partial charge in [0.25, 0.3) is 0 Å². The maximum atomic E-state index is 12.2. The molecular weight excluding hydrogens is 294 g/mol. The van der Waals surface area contributed by atoms with Gasteiger partial charge in [-0.3, -0.25) is 19.2 Å². The van der Waals surface area contributed by atoms with Gasteiger partial charge in [0.05, 0.1) is 30.2 Å². The van der Waals surface area contributed by atoms with Crippen LogP contribution in [0.15, 0.2) is 24.4 Å². The molecule has 8 heteroatoms. The first kappa shape index (κ1) is 15.2. The number of amides is 1. The lowest BCUT2D eigenvalue weighted by molar-refractivity contribution is -0.117. The Morgan fingerprint density at radius 3 is 2.91 bits per heavy atom. The smallest absolute Gasteiger partial charge is 0.238 e. The maximum Gasteiger partial charge on any atom is 0.238 e. The van der Waals surface area contributed by atoms with E-state index in [0.29, 0.717) is 6.54 Å². The number of aryl methyl sites for hydroxylation is 2. The monoisotopic (exact) mass is 313 g/mol. The van der Waals surface area contributed by atoms with Crippen LogP contribution in [0.1, 0.15) is 17.2 Å². The van der Waals surface area contributed by atoms with Gasteiger partial charge >= 0.3 is 0 Å². The van der Waals surface area contributed by atoms with Crippen LogP contribution >= 0.6 is 0 Å². The van der Waals surface area contributed by atoms with Crippen molar-refractivity contribution in [3.8, 4) is 0 Å². The zero-order valence-corrected chi connectivity index (χ0v) is 13.4. The van der Waals surface area contributed by atoms with E-state index in [2.05, 4.69) is 25.7 Å². The summed E-state index contributed by atoms with van der Waals surface area (Å²) in [7, 11) is 1.87. The lowest BCUT2D eigenvalue weighted by atomic mass is 10.3. The first-order valence-corrected chi connectivity index (χ1v) is 7.33. The normalized spacial score (nSPS) is 11.3. The van der Waals surface area contributed by atoms with Gasteiger partial charge in [0, 0.05) is 6.20 Å². The molecule has 2 N–H and O–H groups in total. The molecule has 120 valence electrons. The molecule has 0 unspecified atom stereocenters. The van der Waals surface area contributed by atoms with Gasteiger partial charge in [-0.1, -0.05) is 6.07 Å². The van der Waals surface area contributed by atoms with E-state index < -0.39 is 0 Å². The minimum absolute atomic E-state index is 0.0890. The van der Waals surface area contributed by atoms with E-state index in [9.17, 15) is 4.79 Å². The van der Waals surface area contributed by atoms with Gasteiger partial charge in [0.15, 0.2) is 11.5 Å². The molecule has 3 rings (SSSR count). The molecule has 0 atom stereocenters. The van der Waals surface area contributed by atoms with E-state index >= 15 is 0 Å². The summed E-state index contributed by atoms with van der Waals surface area (Å²) in [6.45, 7) is 4.51. The fourth-order valence-corrected chi connectivity index (χ4v) is 2.46. The third-order valence-electron chi connectivity index (χ3n) is 3.60. The van der Waals surface area contributed by atoms with Gasteiger partial charge in [-0.25, -0.2) is 0 Å². The van der Waals surface area contributed by atoms with Crippen LogP contribution in [0.3, 0.4) is 0 Å². The number of aromatic nitrogens is 5. The van der Waals surface area contributed by atoms with Crippen LogP contribution in [0.5, 0.6) is 0 Å². The summed E-state index contributed by atoms with van der Waals surface area (Å²) in [6.07, 6.45) is 1.91. The first-order valence-electron chi connectivity index (χ1n) is 7.33. The molecule has 0 radical (unpaired) electrons. The van der Waals surface area contributed by atoms with Gasteiger partial charge in [0.1, 0.15) is 0 Å². The number of pyridine rings is 1. The summed E-state index contributed by atoms with van der Waals surface area (Å²) >= 11 is 0. The number of carbonyl (C=O) groups excluding carboxylic acids is 1. The Labute approximate surface area is 133 Å². The summed E-state index contributed by atoms with van der Waals surface area (Å²) < 4.78 is 1.92. The Hall–Kier alpha value is -2.74. The zero-order chi connectivity index (χ0) is 16.4. The minimum Gasteiger partial charge on any atom is -0.322 e. The Bertz CT molecular complexity index is 816. The van der Waals surface area contributed by atoms with Crippen molar-refractivity contribution in [1.82, 2.24) is 29.7 Å². The van der Waals surface area contributed by atoms with Crippen LogP contribution < -0.4 is 5.32 Å². The molecule has 0 aliphatic carbocycles. The lowest BCUT2D eigenvalue weighted by Gasteiger charge is -2.15. The first-order chi connectivity index (χ1) is 11.0. The van der Waals surface area contributed by atoms with Crippen molar-refractivity contribution >= 4 is 17.2 Å². The molecule has 3 heterocycles. The summed E-state index contributed by atoms with van der Waals surface area (Å²) in [4.78, 5) is 14.1. The fraction of sp³-hybridized carbons (Fsp3) is 0.333. The van der Waals surface area contributed by atoms with Crippen LogP contribution in [0.2, 0.25) is 0 Å². The summed E-state index contributed by atoms with van der Waals surface area (Å²) in [6, 6.07) is 5.74. The quantitative estimate of drug-likeness (QED) is 0.737. The van der Waals surface area contributed by atoms with E-state index in [4.69, 9.17) is 0 Å².